The number of Topliss-reactive ketones (excluding diaryl/α,β-unsaturated/α-hetero) is 1. The first kappa shape index (κ1) is 11.0. The van der Waals surface area contributed by atoms with E-state index in [0.29, 0.717) is 32.0 Å². The molecule has 2 saturated heterocycles. The summed E-state index contributed by atoms with van der Waals surface area (Å²) in [6.45, 7) is 3.61. The van der Waals surface area contributed by atoms with Gasteiger partial charge in [0.2, 0.25) is 0 Å². The number of ether oxygens (including phenoxy) is 1. The van der Waals surface area contributed by atoms with E-state index in [1.54, 1.807) is 0 Å². The van der Waals surface area contributed by atoms with Gasteiger partial charge >= 0.3 is 0 Å². The first-order valence-corrected chi connectivity index (χ1v) is 5.76. The molecule has 1 N–H and O–H groups in total. The number of hydrogen-bond donors (Lipinski definition) is 1. The monoisotopic (exact) mass is 213 g/mol. The molecule has 2 fully saturated rings. The third-order valence-corrected chi connectivity index (χ3v) is 3.23. The quantitative estimate of drug-likeness (QED) is 0.704. The molecule has 0 aromatic rings. The summed E-state index contributed by atoms with van der Waals surface area (Å²) < 4.78 is 5.31. The van der Waals surface area contributed by atoms with Crippen LogP contribution < -0.4 is 0 Å². The van der Waals surface area contributed by atoms with Crippen molar-refractivity contribution in [2.24, 2.45) is 5.92 Å². The number of ketones is 1. The average molecular weight is 213 g/mol. The average Bonchev–Trinajstić information content (AvgIpc) is 2.22. The number of nitrogens with zero attached hydrogens (tertiary/aromatic N) is 1. The van der Waals surface area contributed by atoms with E-state index in [9.17, 15) is 9.90 Å². The summed E-state index contributed by atoms with van der Waals surface area (Å²) in [6.07, 6.45) is 2.27. The normalized spacial score (nSPS) is 34.3. The van der Waals surface area contributed by atoms with E-state index < -0.39 is 0 Å². The Kier molecular flexibility index (Phi) is 3.72. The van der Waals surface area contributed by atoms with Gasteiger partial charge in [0.05, 0.1) is 25.2 Å². The van der Waals surface area contributed by atoms with Gasteiger partial charge in [-0.3, -0.25) is 9.69 Å². The molecule has 2 atom stereocenters. The predicted molar refractivity (Wildman–Crippen MR) is 55.6 cm³/mol. The number of rotatable bonds is 2. The van der Waals surface area contributed by atoms with Crippen molar-refractivity contribution in [1.82, 2.24) is 4.90 Å². The van der Waals surface area contributed by atoms with Gasteiger partial charge in [-0.25, -0.2) is 0 Å². The molecule has 0 aliphatic carbocycles. The van der Waals surface area contributed by atoms with Crippen LogP contribution in [0, 0.1) is 5.92 Å². The number of carbonyl (C=O) groups is 1. The van der Waals surface area contributed by atoms with Crippen LogP contribution >= 0.6 is 0 Å². The Balaban J connectivity index is 1.81. The van der Waals surface area contributed by atoms with Crippen molar-refractivity contribution in [3.63, 3.8) is 0 Å². The lowest BCUT2D eigenvalue weighted by Crippen LogP contribution is -2.44. The molecule has 2 aliphatic heterocycles. The van der Waals surface area contributed by atoms with Crippen LogP contribution in [0.15, 0.2) is 0 Å². The third-order valence-electron chi connectivity index (χ3n) is 3.23. The first-order valence-electron chi connectivity index (χ1n) is 5.76. The fraction of sp³-hybridized carbons (Fsp3) is 0.909. The van der Waals surface area contributed by atoms with Crippen molar-refractivity contribution in [1.29, 1.82) is 0 Å². The summed E-state index contributed by atoms with van der Waals surface area (Å²) in [6, 6.07) is 0. The van der Waals surface area contributed by atoms with E-state index >= 15 is 0 Å². The Morgan fingerprint density at radius 3 is 3.13 bits per heavy atom. The lowest BCUT2D eigenvalue weighted by Gasteiger charge is -2.33. The van der Waals surface area contributed by atoms with Crippen molar-refractivity contribution in [2.45, 2.75) is 25.4 Å². The van der Waals surface area contributed by atoms with E-state index in [1.165, 1.54) is 0 Å². The maximum atomic E-state index is 11.6. The zero-order chi connectivity index (χ0) is 10.7. The highest BCUT2D eigenvalue weighted by molar-refractivity contribution is 5.82. The molecule has 2 heterocycles. The van der Waals surface area contributed by atoms with E-state index in [2.05, 4.69) is 4.90 Å². The van der Waals surface area contributed by atoms with Gasteiger partial charge < -0.3 is 9.84 Å². The minimum Gasteiger partial charge on any atom is -0.392 e. The summed E-state index contributed by atoms with van der Waals surface area (Å²) in [4.78, 5) is 13.8. The number of hydrogen-bond acceptors (Lipinski definition) is 4. The number of aliphatic hydroxyl groups excluding tert-OH is 1. The van der Waals surface area contributed by atoms with Gasteiger partial charge in [-0.2, -0.15) is 0 Å². The molecule has 0 amide bonds. The SMILES string of the molecule is O=C1CCOCC1CN1CCCC(O)C1. The molecule has 0 aromatic heterocycles. The van der Waals surface area contributed by atoms with Crippen molar-refractivity contribution in [3.8, 4) is 0 Å². The number of likely N-dealkylation sites (tertiary alicyclic amines) is 1. The molecule has 4 nitrogen and oxygen atoms in total. The highest BCUT2D eigenvalue weighted by Crippen LogP contribution is 2.15. The minimum atomic E-state index is -0.210. The molecule has 2 unspecified atom stereocenters. The van der Waals surface area contributed by atoms with Crippen LogP contribution in [0.5, 0.6) is 0 Å². The standard InChI is InChI=1S/C11H19NO3/c13-10-2-1-4-12(7-10)6-9-8-15-5-3-11(9)14/h9-10,13H,1-8H2. The van der Waals surface area contributed by atoms with E-state index in [-0.39, 0.29) is 12.0 Å². The van der Waals surface area contributed by atoms with Gasteiger partial charge in [-0.1, -0.05) is 0 Å². The summed E-state index contributed by atoms with van der Waals surface area (Å²) in [5, 5.41) is 9.52. The van der Waals surface area contributed by atoms with E-state index in [1.807, 2.05) is 0 Å². The van der Waals surface area contributed by atoms with Crippen LogP contribution in [0.4, 0.5) is 0 Å². The van der Waals surface area contributed by atoms with Crippen molar-refractivity contribution in [2.75, 3.05) is 32.8 Å². The molecule has 86 valence electrons. The second-order valence-corrected chi connectivity index (χ2v) is 4.54. The van der Waals surface area contributed by atoms with Crippen molar-refractivity contribution >= 4 is 5.78 Å². The van der Waals surface area contributed by atoms with E-state index in [4.69, 9.17) is 4.74 Å². The van der Waals surface area contributed by atoms with Gasteiger partial charge in [0, 0.05) is 19.5 Å². The maximum absolute atomic E-state index is 11.6. The lowest BCUT2D eigenvalue weighted by atomic mass is 9.98. The second-order valence-electron chi connectivity index (χ2n) is 4.54. The minimum absolute atomic E-state index is 0.0315. The summed E-state index contributed by atoms with van der Waals surface area (Å²) in [7, 11) is 0. The molecular formula is C11H19NO3. The van der Waals surface area contributed by atoms with Crippen molar-refractivity contribution < 1.29 is 14.6 Å². The zero-order valence-electron chi connectivity index (χ0n) is 9.02. The number of carbonyl (C=O) groups excluding carboxylic acids is 1. The summed E-state index contributed by atoms with van der Waals surface area (Å²) in [5.41, 5.74) is 0. The Bertz CT molecular complexity index is 232. The van der Waals surface area contributed by atoms with Gasteiger partial charge in [-0.05, 0) is 19.4 Å². The molecule has 2 aliphatic rings. The lowest BCUT2D eigenvalue weighted by molar-refractivity contribution is -0.131. The molecule has 0 saturated carbocycles. The van der Waals surface area contributed by atoms with Gasteiger partial charge in [0.15, 0.2) is 0 Å². The molecule has 0 radical (unpaired) electrons. The Morgan fingerprint density at radius 1 is 1.53 bits per heavy atom. The Labute approximate surface area is 90.2 Å². The van der Waals surface area contributed by atoms with Crippen molar-refractivity contribution in [3.05, 3.63) is 0 Å². The highest BCUT2D eigenvalue weighted by atomic mass is 16.5. The molecule has 4 heteroatoms. The molecule has 15 heavy (non-hydrogen) atoms. The van der Waals surface area contributed by atoms with Crippen LogP contribution in [0.2, 0.25) is 0 Å². The molecular weight excluding hydrogens is 194 g/mol. The predicted octanol–water partition coefficient (Wildman–Crippen LogP) is 0.0487. The molecule has 0 bridgehead atoms. The summed E-state index contributed by atoms with van der Waals surface area (Å²) >= 11 is 0. The van der Waals surface area contributed by atoms with Gasteiger partial charge in [0.1, 0.15) is 5.78 Å². The Hall–Kier alpha value is -0.450. The fourth-order valence-corrected chi connectivity index (χ4v) is 2.36. The van der Waals surface area contributed by atoms with Crippen LogP contribution in [0.1, 0.15) is 19.3 Å². The largest absolute Gasteiger partial charge is 0.392 e. The van der Waals surface area contributed by atoms with Gasteiger partial charge in [0.25, 0.3) is 0 Å². The van der Waals surface area contributed by atoms with Crippen LogP contribution in [-0.4, -0.2) is 54.7 Å². The fourth-order valence-electron chi connectivity index (χ4n) is 2.36. The molecule has 2 rings (SSSR count). The Morgan fingerprint density at radius 2 is 2.40 bits per heavy atom. The molecule has 0 aromatic carbocycles. The summed E-state index contributed by atoms with van der Waals surface area (Å²) in [5.74, 6) is 0.352. The number of aliphatic hydroxyl groups is 1. The van der Waals surface area contributed by atoms with Crippen LogP contribution in [0.3, 0.4) is 0 Å². The maximum Gasteiger partial charge on any atom is 0.141 e. The highest BCUT2D eigenvalue weighted by Gasteiger charge is 2.27. The molecule has 0 spiro atoms. The number of piperidine rings is 1. The smallest absolute Gasteiger partial charge is 0.141 e. The van der Waals surface area contributed by atoms with E-state index in [0.717, 1.165) is 25.9 Å². The van der Waals surface area contributed by atoms with Crippen LogP contribution in [-0.2, 0) is 9.53 Å². The second kappa shape index (κ2) is 5.05. The van der Waals surface area contributed by atoms with Gasteiger partial charge in [-0.15, -0.1) is 0 Å². The number of β-amino-alcohol motifs (C(OH)–C–C–N with tert-alkyl or cyclic N) is 1. The zero-order valence-corrected chi connectivity index (χ0v) is 9.02. The van der Waals surface area contributed by atoms with Crippen LogP contribution in [0.25, 0.3) is 0 Å². The third kappa shape index (κ3) is 3.00. The first-order chi connectivity index (χ1) is 7.25. The topological polar surface area (TPSA) is 49.8 Å².